The summed E-state index contributed by atoms with van der Waals surface area (Å²) in [6.07, 6.45) is 18.3. The van der Waals surface area contributed by atoms with Gasteiger partial charge in [0.25, 0.3) is 0 Å². The van der Waals surface area contributed by atoms with Crippen molar-refractivity contribution in [2.24, 2.45) is 0 Å². The molecule has 2 aliphatic carbocycles. The van der Waals surface area contributed by atoms with Crippen molar-refractivity contribution in [1.82, 2.24) is 0 Å². The Morgan fingerprint density at radius 2 is 2.17 bits per heavy atom. The van der Waals surface area contributed by atoms with Gasteiger partial charge in [-0.25, -0.2) is 23.8 Å². The molecule has 0 N–H and O–H groups in total. The van der Waals surface area contributed by atoms with Crippen molar-refractivity contribution in [3.63, 3.8) is 0 Å². The maximum absolute atomic E-state index is 3.12. The molecule has 0 saturated heterocycles. The summed E-state index contributed by atoms with van der Waals surface area (Å²) in [4.78, 5) is 0. The van der Waals surface area contributed by atoms with Crippen LogP contribution in [0.5, 0.6) is 0 Å². The predicted octanol–water partition coefficient (Wildman–Crippen LogP) is 3.22. The first kappa shape index (κ1) is 11.8. The molecule has 0 aromatic carbocycles. The molecule has 0 amide bonds. The minimum absolute atomic E-state index is 0. The van der Waals surface area contributed by atoms with E-state index in [2.05, 4.69) is 37.3 Å². The topological polar surface area (TPSA) is 0 Å². The molecule has 12 heavy (non-hydrogen) atoms. The van der Waals surface area contributed by atoms with Crippen molar-refractivity contribution in [2.75, 3.05) is 0 Å². The van der Waals surface area contributed by atoms with Crippen LogP contribution in [0.2, 0.25) is 0 Å². The van der Waals surface area contributed by atoms with Crippen LogP contribution >= 0.6 is 0 Å². The molecule has 0 spiro atoms. The number of hydrogen-bond donors (Lipinski definition) is 0. The molecule has 0 aliphatic heterocycles. The fourth-order valence-electron chi connectivity index (χ4n) is 0.855. The van der Waals surface area contributed by atoms with E-state index in [9.17, 15) is 0 Å². The molecule has 62 valence electrons. The van der Waals surface area contributed by atoms with Gasteiger partial charge in [0.15, 0.2) is 0 Å². The van der Waals surface area contributed by atoms with Gasteiger partial charge in [0.05, 0.1) is 0 Å². The first-order valence-corrected chi connectivity index (χ1v) is 3.85. The average Bonchev–Trinajstić information content (AvgIpc) is 2.57. The van der Waals surface area contributed by atoms with Crippen LogP contribution in [0.4, 0.5) is 0 Å². The molecule has 0 nitrogen and oxygen atoms in total. The Morgan fingerprint density at radius 3 is 2.33 bits per heavy atom. The number of rotatable bonds is 0. The molecule has 0 fully saturated rings. The summed E-state index contributed by atoms with van der Waals surface area (Å²) >= 11 is 0. The Bertz CT molecular complexity index is 215. The minimum Gasteiger partial charge on any atom is -1.00 e. The van der Waals surface area contributed by atoms with Gasteiger partial charge >= 0.3 is 25.8 Å². The van der Waals surface area contributed by atoms with Gasteiger partial charge in [0.2, 0.25) is 0 Å². The van der Waals surface area contributed by atoms with Crippen molar-refractivity contribution in [3.8, 4) is 0 Å². The average molecular weight is 325 g/mol. The van der Waals surface area contributed by atoms with Gasteiger partial charge in [-0.2, -0.15) is 12.2 Å². The molecular weight excluding hydrogens is 311 g/mol. The summed E-state index contributed by atoms with van der Waals surface area (Å²) in [6.45, 7) is 2.06. The van der Waals surface area contributed by atoms with Crippen LogP contribution in [0.25, 0.3) is 0 Å². The fraction of sp³-hybridized carbons (Fsp3) is 0.273. The predicted molar refractivity (Wildman–Crippen MR) is 50.0 cm³/mol. The molecule has 0 unspecified atom stereocenters. The van der Waals surface area contributed by atoms with E-state index in [0.29, 0.717) is 0 Å². The van der Waals surface area contributed by atoms with E-state index >= 15 is 0 Å². The van der Waals surface area contributed by atoms with Crippen molar-refractivity contribution in [1.29, 1.82) is 0 Å². The maximum atomic E-state index is 3.12. The van der Waals surface area contributed by atoms with Crippen LogP contribution < -0.4 is 0 Å². The van der Waals surface area contributed by atoms with Gasteiger partial charge in [0.1, 0.15) is 0 Å². The zero-order valence-corrected chi connectivity index (χ0v) is 10.9. The van der Waals surface area contributed by atoms with Gasteiger partial charge in [-0.05, 0) is 0 Å². The summed E-state index contributed by atoms with van der Waals surface area (Å²) in [5, 5.41) is 0. The molecule has 0 aromatic heterocycles. The second kappa shape index (κ2) is 7.48. The van der Waals surface area contributed by atoms with E-state index in [1.807, 2.05) is 12.2 Å². The first-order chi connectivity index (χ1) is 5.39. The van der Waals surface area contributed by atoms with Gasteiger partial charge in [0, 0.05) is 0 Å². The standard InChI is InChI=1S/C6H7.C5H5.Hf.2H/c1-6-4-2-3-5-6;1-2-4-5-3-1;;;/h2,4H,3H2,1H3;1-3H,4H2;;;/q2*-1;+4;2*-1. The quantitative estimate of drug-likeness (QED) is 0.474. The van der Waals surface area contributed by atoms with Crippen LogP contribution in [0.1, 0.15) is 22.6 Å². The summed E-state index contributed by atoms with van der Waals surface area (Å²) in [7, 11) is 0. The first-order valence-electron chi connectivity index (χ1n) is 3.85. The van der Waals surface area contributed by atoms with Crippen LogP contribution in [0, 0.1) is 12.2 Å². The van der Waals surface area contributed by atoms with Crippen molar-refractivity contribution in [3.05, 3.63) is 48.1 Å². The number of allylic oxidation sites excluding steroid dienone is 8. The van der Waals surface area contributed by atoms with Crippen molar-refractivity contribution >= 4 is 0 Å². The van der Waals surface area contributed by atoms with E-state index in [1.54, 1.807) is 0 Å². The molecule has 2 rings (SSSR count). The van der Waals surface area contributed by atoms with Crippen LogP contribution in [-0.4, -0.2) is 0 Å². The van der Waals surface area contributed by atoms with E-state index in [4.69, 9.17) is 0 Å². The smallest absolute Gasteiger partial charge is 1.00 e. The summed E-state index contributed by atoms with van der Waals surface area (Å²) in [6, 6.07) is 0. The second-order valence-corrected chi connectivity index (χ2v) is 2.47. The summed E-state index contributed by atoms with van der Waals surface area (Å²) in [5.74, 6) is 0. The molecule has 0 atom stereocenters. The molecule has 2 aliphatic rings. The van der Waals surface area contributed by atoms with E-state index < -0.39 is 0 Å². The van der Waals surface area contributed by atoms with Crippen molar-refractivity contribution < 1.29 is 28.7 Å². The Balaban J connectivity index is -0.000000144. The van der Waals surface area contributed by atoms with Gasteiger partial charge in [-0.1, -0.05) is 6.92 Å². The summed E-state index contributed by atoms with van der Waals surface area (Å²) in [5.41, 5.74) is 1.27. The molecule has 0 aromatic rings. The van der Waals surface area contributed by atoms with Gasteiger partial charge < -0.3 is 2.85 Å². The van der Waals surface area contributed by atoms with Crippen LogP contribution in [0.15, 0.2) is 36.0 Å². The molecule has 1 heteroatoms. The Hall–Kier alpha value is -0.170. The SMILES string of the molecule is CC1=[C-]CC=C1.[C-]1=CC=CC1.[H-].[H-].[Hf+4]. The Morgan fingerprint density at radius 1 is 1.33 bits per heavy atom. The Labute approximate surface area is 96.5 Å². The van der Waals surface area contributed by atoms with Gasteiger partial charge in [-0.3, -0.25) is 12.2 Å². The largest absolute Gasteiger partial charge is 4.00 e. The normalized spacial score (nSPS) is 16.6. The zero-order valence-electron chi connectivity index (χ0n) is 9.30. The Kier molecular flexibility index (Phi) is 7.37. The number of hydrogen-bond acceptors (Lipinski definition) is 0. The minimum atomic E-state index is 0. The molecule has 0 radical (unpaired) electrons. The van der Waals surface area contributed by atoms with E-state index in [1.165, 1.54) is 5.57 Å². The third kappa shape index (κ3) is 5.48. The van der Waals surface area contributed by atoms with Gasteiger partial charge in [-0.15, -0.1) is 12.8 Å². The van der Waals surface area contributed by atoms with Crippen molar-refractivity contribution in [2.45, 2.75) is 19.8 Å². The van der Waals surface area contributed by atoms with Crippen LogP contribution in [0.3, 0.4) is 0 Å². The molecule has 0 bridgehead atoms. The summed E-state index contributed by atoms with van der Waals surface area (Å²) < 4.78 is 0. The third-order valence-electron chi connectivity index (χ3n) is 1.45. The molecular formula is C11H14Hf. The van der Waals surface area contributed by atoms with Crippen LogP contribution in [-0.2, 0) is 25.8 Å². The zero-order chi connectivity index (χ0) is 7.94. The van der Waals surface area contributed by atoms with E-state index in [-0.39, 0.29) is 28.7 Å². The molecule has 0 heterocycles. The maximum Gasteiger partial charge on any atom is 4.00 e. The second-order valence-electron chi connectivity index (χ2n) is 2.47. The monoisotopic (exact) mass is 326 g/mol. The molecule has 0 saturated carbocycles. The van der Waals surface area contributed by atoms with E-state index in [0.717, 1.165) is 12.8 Å². The fourth-order valence-corrected chi connectivity index (χ4v) is 0.855. The third-order valence-corrected chi connectivity index (χ3v) is 1.45.